The van der Waals surface area contributed by atoms with Gasteiger partial charge in [0.05, 0.1) is 0 Å². The number of hydrogen-bond acceptors (Lipinski definition) is 4. The summed E-state index contributed by atoms with van der Waals surface area (Å²) in [4.78, 5) is 0. The molecule has 11 heavy (non-hydrogen) atoms. The molecule has 0 heterocycles. The molecule has 3 unspecified atom stereocenters. The second-order valence-electron chi connectivity index (χ2n) is 2.89. The van der Waals surface area contributed by atoms with Crippen molar-refractivity contribution in [3.05, 3.63) is 0 Å². The SMILES string of the molecule is CC(N)C(N)C(CO)CCO. The van der Waals surface area contributed by atoms with Gasteiger partial charge in [-0.1, -0.05) is 0 Å². The van der Waals surface area contributed by atoms with Crippen LogP contribution in [0.4, 0.5) is 0 Å². The minimum atomic E-state index is -0.229. The monoisotopic (exact) mass is 162 g/mol. The molecule has 0 radical (unpaired) electrons. The third-order valence-electron chi connectivity index (χ3n) is 1.89. The molecule has 0 aliphatic heterocycles. The van der Waals surface area contributed by atoms with E-state index in [9.17, 15) is 0 Å². The van der Waals surface area contributed by atoms with Crippen LogP contribution in [0.2, 0.25) is 0 Å². The van der Waals surface area contributed by atoms with E-state index < -0.39 is 0 Å². The minimum Gasteiger partial charge on any atom is -0.396 e. The molecule has 0 aliphatic carbocycles. The van der Waals surface area contributed by atoms with Crippen molar-refractivity contribution in [2.75, 3.05) is 13.2 Å². The van der Waals surface area contributed by atoms with Gasteiger partial charge >= 0.3 is 0 Å². The lowest BCUT2D eigenvalue weighted by atomic mass is 9.93. The minimum absolute atomic E-state index is 0.0106. The molecule has 0 aromatic heterocycles. The molecule has 0 saturated carbocycles. The van der Waals surface area contributed by atoms with Crippen LogP contribution in [-0.2, 0) is 0 Å². The third kappa shape index (κ3) is 3.67. The Morgan fingerprint density at radius 3 is 2.09 bits per heavy atom. The topological polar surface area (TPSA) is 92.5 Å². The maximum absolute atomic E-state index is 8.83. The summed E-state index contributed by atoms with van der Waals surface area (Å²) in [5, 5.41) is 17.4. The van der Waals surface area contributed by atoms with Crippen LogP contribution in [0.25, 0.3) is 0 Å². The van der Waals surface area contributed by atoms with Crippen LogP contribution in [0, 0.1) is 5.92 Å². The number of rotatable bonds is 5. The molecule has 4 heteroatoms. The molecule has 3 atom stereocenters. The van der Waals surface area contributed by atoms with Crippen molar-refractivity contribution in [1.82, 2.24) is 0 Å². The van der Waals surface area contributed by atoms with Gasteiger partial charge in [0.1, 0.15) is 0 Å². The maximum Gasteiger partial charge on any atom is 0.0475 e. The van der Waals surface area contributed by atoms with Crippen molar-refractivity contribution >= 4 is 0 Å². The first kappa shape index (κ1) is 10.8. The highest BCUT2D eigenvalue weighted by Crippen LogP contribution is 2.07. The van der Waals surface area contributed by atoms with Crippen LogP contribution in [0.15, 0.2) is 0 Å². The molecule has 0 bridgehead atoms. The Morgan fingerprint density at radius 1 is 1.27 bits per heavy atom. The molecule has 0 fully saturated rings. The van der Waals surface area contributed by atoms with Crippen LogP contribution in [0.3, 0.4) is 0 Å². The van der Waals surface area contributed by atoms with Crippen LogP contribution in [0.5, 0.6) is 0 Å². The molecule has 4 nitrogen and oxygen atoms in total. The van der Waals surface area contributed by atoms with E-state index in [1.807, 2.05) is 0 Å². The number of hydrogen-bond donors (Lipinski definition) is 4. The first-order valence-corrected chi connectivity index (χ1v) is 3.86. The molecule has 0 saturated heterocycles. The molecule has 0 rings (SSSR count). The smallest absolute Gasteiger partial charge is 0.0475 e. The van der Waals surface area contributed by atoms with Crippen LogP contribution in [0.1, 0.15) is 13.3 Å². The Bertz CT molecular complexity index is 98.4. The Morgan fingerprint density at radius 2 is 1.82 bits per heavy atom. The second-order valence-corrected chi connectivity index (χ2v) is 2.89. The molecule has 68 valence electrons. The van der Waals surface area contributed by atoms with Crippen molar-refractivity contribution in [3.63, 3.8) is 0 Å². The van der Waals surface area contributed by atoms with Gasteiger partial charge in [-0.2, -0.15) is 0 Å². The first-order valence-electron chi connectivity index (χ1n) is 3.86. The molecule has 0 amide bonds. The Balaban J connectivity index is 3.81. The molecule has 6 N–H and O–H groups in total. The molecular weight excluding hydrogens is 144 g/mol. The van der Waals surface area contributed by atoms with Crippen LogP contribution >= 0.6 is 0 Å². The molecule has 0 aromatic carbocycles. The van der Waals surface area contributed by atoms with Gasteiger partial charge < -0.3 is 21.7 Å². The average molecular weight is 162 g/mol. The molecule has 0 aliphatic rings. The lowest BCUT2D eigenvalue weighted by Crippen LogP contribution is -2.46. The van der Waals surface area contributed by atoms with Crippen molar-refractivity contribution in [2.45, 2.75) is 25.4 Å². The van der Waals surface area contributed by atoms with E-state index in [1.54, 1.807) is 6.92 Å². The summed E-state index contributed by atoms with van der Waals surface area (Å²) in [5.74, 6) is -0.0833. The third-order valence-corrected chi connectivity index (χ3v) is 1.89. The summed E-state index contributed by atoms with van der Waals surface area (Å²) >= 11 is 0. The lowest BCUT2D eigenvalue weighted by Gasteiger charge is -2.24. The fraction of sp³-hybridized carbons (Fsp3) is 1.00. The van der Waals surface area contributed by atoms with Crippen LogP contribution < -0.4 is 11.5 Å². The molecule has 0 aromatic rings. The van der Waals surface area contributed by atoms with E-state index in [4.69, 9.17) is 21.7 Å². The van der Waals surface area contributed by atoms with Gasteiger partial charge in [0.25, 0.3) is 0 Å². The van der Waals surface area contributed by atoms with Gasteiger partial charge in [-0.25, -0.2) is 0 Å². The maximum atomic E-state index is 8.83. The van der Waals surface area contributed by atoms with Gasteiger partial charge in [-0.3, -0.25) is 0 Å². The predicted molar refractivity (Wildman–Crippen MR) is 43.9 cm³/mol. The fourth-order valence-corrected chi connectivity index (χ4v) is 1.00. The van der Waals surface area contributed by atoms with E-state index in [0.29, 0.717) is 6.42 Å². The quantitative estimate of drug-likeness (QED) is 0.402. The highest BCUT2D eigenvalue weighted by Gasteiger charge is 2.19. The van der Waals surface area contributed by atoms with Crippen molar-refractivity contribution in [1.29, 1.82) is 0 Å². The van der Waals surface area contributed by atoms with E-state index in [2.05, 4.69) is 0 Å². The summed E-state index contributed by atoms with van der Waals surface area (Å²) < 4.78 is 0. The summed E-state index contributed by atoms with van der Waals surface area (Å²) in [7, 11) is 0. The van der Waals surface area contributed by atoms with Gasteiger partial charge in [0, 0.05) is 31.2 Å². The van der Waals surface area contributed by atoms with Gasteiger partial charge in [-0.05, 0) is 13.3 Å². The average Bonchev–Trinajstić information content (AvgIpc) is 1.98. The van der Waals surface area contributed by atoms with E-state index in [1.165, 1.54) is 0 Å². The van der Waals surface area contributed by atoms with Crippen LogP contribution in [-0.4, -0.2) is 35.5 Å². The predicted octanol–water partition coefficient (Wildman–Crippen LogP) is -1.35. The van der Waals surface area contributed by atoms with E-state index >= 15 is 0 Å². The number of aliphatic hydroxyl groups is 2. The highest BCUT2D eigenvalue weighted by molar-refractivity contribution is 4.79. The lowest BCUT2D eigenvalue weighted by molar-refractivity contribution is 0.158. The van der Waals surface area contributed by atoms with Gasteiger partial charge in [0.15, 0.2) is 0 Å². The van der Waals surface area contributed by atoms with E-state index in [0.717, 1.165) is 0 Å². The van der Waals surface area contributed by atoms with E-state index in [-0.39, 0.29) is 31.2 Å². The zero-order chi connectivity index (χ0) is 8.85. The second kappa shape index (κ2) is 5.49. The summed E-state index contributed by atoms with van der Waals surface area (Å²) in [6.07, 6.45) is 0.513. The zero-order valence-corrected chi connectivity index (χ0v) is 6.90. The Hall–Kier alpha value is -0.160. The molecular formula is C7H18N2O2. The molecule has 0 spiro atoms. The summed E-state index contributed by atoms with van der Waals surface area (Å²) in [6.45, 7) is 1.83. The highest BCUT2D eigenvalue weighted by atomic mass is 16.3. The van der Waals surface area contributed by atoms with Crippen molar-refractivity contribution in [2.24, 2.45) is 17.4 Å². The van der Waals surface area contributed by atoms with Gasteiger partial charge in [-0.15, -0.1) is 0 Å². The summed E-state index contributed by atoms with van der Waals surface area (Å²) in [5.41, 5.74) is 11.2. The van der Waals surface area contributed by atoms with Crippen molar-refractivity contribution in [3.8, 4) is 0 Å². The largest absolute Gasteiger partial charge is 0.396 e. The first-order chi connectivity index (χ1) is 5.13. The van der Waals surface area contributed by atoms with Gasteiger partial charge in [0.2, 0.25) is 0 Å². The fourth-order valence-electron chi connectivity index (χ4n) is 1.00. The number of nitrogens with two attached hydrogens (primary N) is 2. The van der Waals surface area contributed by atoms with Crippen molar-refractivity contribution < 1.29 is 10.2 Å². The summed E-state index contributed by atoms with van der Waals surface area (Å²) in [6, 6.07) is -0.370. The Kier molecular flexibility index (Phi) is 5.41. The normalized spacial score (nSPS) is 19.4. The standard InChI is InChI=1S/C7H18N2O2/c1-5(8)7(9)6(4-11)2-3-10/h5-7,10-11H,2-4,8-9H2,1H3. The zero-order valence-electron chi connectivity index (χ0n) is 6.90. The Labute approximate surface area is 67.2 Å². The number of aliphatic hydroxyl groups excluding tert-OH is 2.